The number of hydrogen-bond donors (Lipinski definition) is 0. The number of rotatable bonds is 4. The Morgan fingerprint density at radius 1 is 1.14 bits per heavy atom. The first-order chi connectivity index (χ1) is 14.0. The lowest BCUT2D eigenvalue weighted by atomic mass is 9.95. The number of carbonyl (C=O) groups excluding carboxylic acids is 2. The van der Waals surface area contributed by atoms with E-state index in [-0.39, 0.29) is 35.7 Å². The molecular formula is C23H28N4O2. The fraction of sp³-hybridized carbons (Fsp3) is 0.522. The van der Waals surface area contributed by atoms with Crippen LogP contribution >= 0.6 is 0 Å². The Kier molecular flexibility index (Phi) is 4.26. The second-order valence-electron chi connectivity index (χ2n) is 9.00. The Morgan fingerprint density at radius 3 is 2.52 bits per heavy atom. The van der Waals surface area contributed by atoms with Crippen LogP contribution in [0.25, 0.3) is 5.69 Å². The van der Waals surface area contributed by atoms with Gasteiger partial charge in [-0.1, -0.05) is 32.0 Å². The molecular weight excluding hydrogens is 364 g/mol. The van der Waals surface area contributed by atoms with E-state index in [0.29, 0.717) is 12.2 Å². The first-order valence-corrected chi connectivity index (χ1v) is 10.7. The molecule has 0 radical (unpaired) electrons. The highest BCUT2D eigenvalue weighted by molar-refractivity contribution is 5.99. The summed E-state index contributed by atoms with van der Waals surface area (Å²) in [5, 5.41) is 4.73. The van der Waals surface area contributed by atoms with Crippen LogP contribution in [0.5, 0.6) is 0 Å². The summed E-state index contributed by atoms with van der Waals surface area (Å²) in [5.41, 5.74) is 3.58. The highest BCUT2D eigenvalue weighted by Crippen LogP contribution is 2.44. The van der Waals surface area contributed by atoms with Gasteiger partial charge in [0.1, 0.15) is 5.69 Å². The highest BCUT2D eigenvalue weighted by Gasteiger charge is 2.48. The summed E-state index contributed by atoms with van der Waals surface area (Å²) in [4.78, 5) is 30.3. The summed E-state index contributed by atoms with van der Waals surface area (Å²) < 4.78 is 1.81. The minimum absolute atomic E-state index is 0.0101. The van der Waals surface area contributed by atoms with Crippen LogP contribution in [-0.2, 0) is 4.79 Å². The van der Waals surface area contributed by atoms with Crippen molar-refractivity contribution in [3.05, 3.63) is 47.3 Å². The summed E-state index contributed by atoms with van der Waals surface area (Å²) in [5.74, 6) is 0.841. The molecule has 2 amide bonds. The molecule has 0 spiro atoms. The van der Waals surface area contributed by atoms with Crippen LogP contribution in [-0.4, -0.2) is 50.5 Å². The predicted molar refractivity (Wildman–Crippen MR) is 110 cm³/mol. The number of nitrogens with zero attached hydrogens (tertiary/aromatic N) is 4. The molecule has 1 aliphatic carbocycles. The minimum atomic E-state index is 0.0101. The molecule has 6 heteroatoms. The Bertz CT molecular complexity index is 961. The fourth-order valence-corrected chi connectivity index (χ4v) is 5.05. The van der Waals surface area contributed by atoms with Gasteiger partial charge in [-0.2, -0.15) is 5.10 Å². The van der Waals surface area contributed by atoms with Crippen molar-refractivity contribution in [1.29, 1.82) is 0 Å². The lowest BCUT2D eigenvalue weighted by Crippen LogP contribution is -2.43. The molecule has 1 saturated carbocycles. The molecule has 29 heavy (non-hydrogen) atoms. The lowest BCUT2D eigenvalue weighted by Gasteiger charge is -2.33. The van der Waals surface area contributed by atoms with Crippen LogP contribution in [0.2, 0.25) is 0 Å². The van der Waals surface area contributed by atoms with Gasteiger partial charge in [-0.05, 0) is 44.2 Å². The van der Waals surface area contributed by atoms with Crippen LogP contribution in [0, 0.1) is 18.8 Å². The third-order valence-corrected chi connectivity index (χ3v) is 6.57. The molecule has 2 atom stereocenters. The van der Waals surface area contributed by atoms with Gasteiger partial charge in [-0.25, -0.2) is 4.68 Å². The molecule has 2 fully saturated rings. The van der Waals surface area contributed by atoms with Gasteiger partial charge in [0, 0.05) is 24.6 Å². The molecule has 1 aromatic carbocycles. The zero-order valence-corrected chi connectivity index (χ0v) is 17.3. The van der Waals surface area contributed by atoms with Crippen molar-refractivity contribution in [3.8, 4) is 5.69 Å². The van der Waals surface area contributed by atoms with Crippen LogP contribution < -0.4 is 0 Å². The standard InChI is InChI=1S/C23H28N4O2/c1-14(2)20-19-15(3)24-27(17-7-5-4-6-8-17)21(19)23(29)26(20)18-11-12-25(13-18)22(28)16-9-10-16/h4-8,14,16,18,20H,9-13H2,1-3H3. The number of likely N-dealkylation sites (tertiary alicyclic amines) is 1. The Morgan fingerprint density at radius 2 is 1.86 bits per heavy atom. The topological polar surface area (TPSA) is 58.4 Å². The molecule has 6 nitrogen and oxygen atoms in total. The number of amides is 2. The fourth-order valence-electron chi connectivity index (χ4n) is 5.05. The van der Waals surface area contributed by atoms with Crippen molar-refractivity contribution < 1.29 is 9.59 Å². The SMILES string of the molecule is Cc1nn(-c2ccccc2)c2c1C(C(C)C)N(C1CCN(C(=O)C3CC3)C1)C2=O. The number of benzene rings is 1. The number of aryl methyl sites for hydroxylation is 1. The largest absolute Gasteiger partial charge is 0.340 e. The third-order valence-electron chi connectivity index (χ3n) is 6.57. The molecule has 152 valence electrons. The van der Waals surface area contributed by atoms with Gasteiger partial charge in [0.25, 0.3) is 5.91 Å². The maximum Gasteiger partial charge on any atom is 0.273 e. The number of carbonyl (C=O) groups is 2. The molecule has 2 aromatic rings. The molecule has 0 bridgehead atoms. The van der Waals surface area contributed by atoms with Gasteiger partial charge in [-0.3, -0.25) is 9.59 Å². The number of aromatic nitrogens is 2. The second kappa shape index (κ2) is 6.71. The van der Waals surface area contributed by atoms with Crippen molar-refractivity contribution in [2.75, 3.05) is 13.1 Å². The summed E-state index contributed by atoms with van der Waals surface area (Å²) in [7, 11) is 0. The minimum Gasteiger partial charge on any atom is -0.340 e. The zero-order valence-electron chi connectivity index (χ0n) is 17.3. The van der Waals surface area contributed by atoms with Crippen LogP contribution in [0.3, 0.4) is 0 Å². The maximum atomic E-state index is 13.7. The average Bonchev–Trinajstić information content (AvgIpc) is 3.23. The van der Waals surface area contributed by atoms with Gasteiger partial charge in [0.05, 0.1) is 23.5 Å². The van der Waals surface area contributed by atoms with E-state index in [1.165, 1.54) is 0 Å². The quantitative estimate of drug-likeness (QED) is 0.802. The van der Waals surface area contributed by atoms with Gasteiger partial charge >= 0.3 is 0 Å². The summed E-state index contributed by atoms with van der Waals surface area (Å²) in [6.07, 6.45) is 2.90. The second-order valence-corrected chi connectivity index (χ2v) is 9.00. The molecule has 0 N–H and O–H groups in total. The Balaban J connectivity index is 1.50. The number of para-hydroxylation sites is 1. The molecule has 3 aliphatic rings. The summed E-state index contributed by atoms with van der Waals surface area (Å²) >= 11 is 0. The van der Waals surface area contributed by atoms with E-state index in [1.54, 1.807) is 0 Å². The van der Waals surface area contributed by atoms with E-state index < -0.39 is 0 Å². The predicted octanol–water partition coefficient (Wildman–Crippen LogP) is 3.34. The molecule has 1 aromatic heterocycles. The van der Waals surface area contributed by atoms with Crippen LogP contribution in [0.15, 0.2) is 30.3 Å². The van der Waals surface area contributed by atoms with Gasteiger partial charge in [-0.15, -0.1) is 0 Å². The van der Waals surface area contributed by atoms with Gasteiger partial charge in [0.2, 0.25) is 5.91 Å². The molecule has 1 saturated heterocycles. The normalized spacial score (nSPS) is 23.9. The summed E-state index contributed by atoms with van der Waals surface area (Å²) in [6.45, 7) is 7.76. The first-order valence-electron chi connectivity index (χ1n) is 10.7. The molecule has 2 aliphatic heterocycles. The maximum absolute atomic E-state index is 13.7. The molecule has 2 unspecified atom stereocenters. The van der Waals surface area contributed by atoms with E-state index in [2.05, 4.69) is 18.7 Å². The number of fused-ring (bicyclic) bond motifs is 1. The van der Waals surface area contributed by atoms with Crippen molar-refractivity contribution in [2.24, 2.45) is 11.8 Å². The van der Waals surface area contributed by atoms with E-state index >= 15 is 0 Å². The van der Waals surface area contributed by atoms with E-state index in [4.69, 9.17) is 5.10 Å². The highest BCUT2D eigenvalue weighted by atomic mass is 16.2. The smallest absolute Gasteiger partial charge is 0.273 e. The molecule has 3 heterocycles. The van der Waals surface area contributed by atoms with E-state index in [0.717, 1.165) is 42.8 Å². The lowest BCUT2D eigenvalue weighted by molar-refractivity contribution is -0.131. The first kappa shape index (κ1) is 18.4. The number of hydrogen-bond acceptors (Lipinski definition) is 3. The van der Waals surface area contributed by atoms with E-state index in [9.17, 15) is 9.59 Å². The summed E-state index contributed by atoms with van der Waals surface area (Å²) in [6, 6.07) is 9.96. The zero-order chi connectivity index (χ0) is 20.3. The average molecular weight is 393 g/mol. The van der Waals surface area contributed by atoms with Gasteiger partial charge < -0.3 is 9.80 Å². The molecule has 5 rings (SSSR count). The van der Waals surface area contributed by atoms with Crippen molar-refractivity contribution in [1.82, 2.24) is 19.6 Å². The van der Waals surface area contributed by atoms with E-state index in [1.807, 2.05) is 46.8 Å². The van der Waals surface area contributed by atoms with Crippen molar-refractivity contribution in [3.63, 3.8) is 0 Å². The van der Waals surface area contributed by atoms with Crippen molar-refractivity contribution in [2.45, 2.75) is 52.1 Å². The van der Waals surface area contributed by atoms with Crippen molar-refractivity contribution >= 4 is 11.8 Å². The Labute approximate surface area is 171 Å². The third kappa shape index (κ3) is 2.88. The Hall–Kier alpha value is -2.63. The van der Waals surface area contributed by atoms with Gasteiger partial charge in [0.15, 0.2) is 0 Å². The van der Waals surface area contributed by atoms with Crippen LogP contribution in [0.4, 0.5) is 0 Å². The van der Waals surface area contributed by atoms with Crippen LogP contribution in [0.1, 0.15) is 60.9 Å². The monoisotopic (exact) mass is 392 g/mol.